The van der Waals surface area contributed by atoms with Gasteiger partial charge in [-0.2, -0.15) is 5.10 Å². The second-order valence-corrected chi connectivity index (χ2v) is 3.22. The molecule has 4 nitrogen and oxygen atoms in total. The Morgan fingerprint density at radius 1 is 1.57 bits per heavy atom. The zero-order chi connectivity index (χ0) is 10.4. The fourth-order valence-electron chi connectivity index (χ4n) is 1.27. The van der Waals surface area contributed by atoms with Crippen molar-refractivity contribution in [3.8, 4) is 0 Å². The lowest BCUT2D eigenvalue weighted by Gasteiger charge is -2.08. The summed E-state index contributed by atoms with van der Waals surface area (Å²) in [5, 5.41) is 13.7. The molecule has 1 rings (SSSR count). The standard InChI is InChI=1S/C10H18N2O2/c1-3-12-7-9(6-11-12)5-10(13)8-14-4-2/h6-7,10,13H,3-5,8H2,1-2H3. The van der Waals surface area contributed by atoms with E-state index in [1.54, 1.807) is 6.20 Å². The predicted octanol–water partition coefficient (Wildman–Crippen LogP) is 0.843. The highest BCUT2D eigenvalue weighted by molar-refractivity contribution is 5.05. The first kappa shape index (κ1) is 11.2. The van der Waals surface area contributed by atoms with Crippen molar-refractivity contribution in [3.05, 3.63) is 18.0 Å². The quantitative estimate of drug-likeness (QED) is 0.737. The van der Waals surface area contributed by atoms with Crippen LogP contribution in [0.3, 0.4) is 0 Å². The first-order chi connectivity index (χ1) is 6.76. The summed E-state index contributed by atoms with van der Waals surface area (Å²) < 4.78 is 6.97. The van der Waals surface area contributed by atoms with Gasteiger partial charge < -0.3 is 9.84 Å². The van der Waals surface area contributed by atoms with Crippen LogP contribution in [0.5, 0.6) is 0 Å². The first-order valence-electron chi connectivity index (χ1n) is 5.03. The summed E-state index contributed by atoms with van der Waals surface area (Å²) in [6, 6.07) is 0. The maximum atomic E-state index is 9.55. The molecule has 0 aliphatic carbocycles. The number of nitrogens with zero attached hydrogens (tertiary/aromatic N) is 2. The molecule has 1 aromatic rings. The zero-order valence-corrected chi connectivity index (χ0v) is 8.81. The number of rotatable bonds is 6. The SMILES string of the molecule is CCOCC(O)Cc1cnn(CC)c1. The minimum atomic E-state index is -0.426. The molecule has 0 amide bonds. The summed E-state index contributed by atoms with van der Waals surface area (Å²) in [5.74, 6) is 0. The topological polar surface area (TPSA) is 47.3 Å². The molecule has 14 heavy (non-hydrogen) atoms. The largest absolute Gasteiger partial charge is 0.390 e. The van der Waals surface area contributed by atoms with Crippen molar-refractivity contribution in [1.29, 1.82) is 0 Å². The monoisotopic (exact) mass is 198 g/mol. The van der Waals surface area contributed by atoms with E-state index >= 15 is 0 Å². The van der Waals surface area contributed by atoms with E-state index in [1.165, 1.54) is 0 Å². The van der Waals surface area contributed by atoms with E-state index in [1.807, 2.05) is 24.7 Å². The number of aliphatic hydroxyl groups excluding tert-OH is 1. The van der Waals surface area contributed by atoms with Crippen molar-refractivity contribution in [2.24, 2.45) is 0 Å². The van der Waals surface area contributed by atoms with Gasteiger partial charge in [-0.25, -0.2) is 0 Å². The number of ether oxygens (including phenoxy) is 1. The summed E-state index contributed by atoms with van der Waals surface area (Å²) in [4.78, 5) is 0. The Labute approximate surface area is 84.5 Å². The van der Waals surface area contributed by atoms with Crippen LogP contribution in [-0.4, -0.2) is 34.2 Å². The second kappa shape index (κ2) is 5.78. The molecule has 0 saturated carbocycles. The highest BCUT2D eigenvalue weighted by Crippen LogP contribution is 2.02. The van der Waals surface area contributed by atoms with Crippen LogP contribution in [0.2, 0.25) is 0 Å². The van der Waals surface area contributed by atoms with Crippen molar-refractivity contribution in [3.63, 3.8) is 0 Å². The van der Waals surface area contributed by atoms with Gasteiger partial charge in [-0.3, -0.25) is 4.68 Å². The molecule has 1 N–H and O–H groups in total. The molecular formula is C10H18N2O2. The lowest BCUT2D eigenvalue weighted by Crippen LogP contribution is -2.17. The van der Waals surface area contributed by atoms with Crippen LogP contribution in [0, 0.1) is 0 Å². The van der Waals surface area contributed by atoms with Crippen LogP contribution in [0.25, 0.3) is 0 Å². The van der Waals surface area contributed by atoms with Gasteiger partial charge in [-0.1, -0.05) is 0 Å². The molecule has 0 spiro atoms. The predicted molar refractivity (Wildman–Crippen MR) is 54.1 cm³/mol. The Bertz CT molecular complexity index is 260. The van der Waals surface area contributed by atoms with Gasteiger partial charge in [0.1, 0.15) is 0 Å². The molecule has 1 unspecified atom stereocenters. The van der Waals surface area contributed by atoms with Crippen LogP contribution in [-0.2, 0) is 17.7 Å². The molecule has 4 heteroatoms. The molecule has 1 aromatic heterocycles. The summed E-state index contributed by atoms with van der Waals surface area (Å²) in [6.45, 7) is 5.86. The van der Waals surface area contributed by atoms with E-state index in [-0.39, 0.29) is 0 Å². The minimum Gasteiger partial charge on any atom is -0.390 e. The van der Waals surface area contributed by atoms with Gasteiger partial charge in [0, 0.05) is 25.8 Å². The van der Waals surface area contributed by atoms with E-state index in [0.717, 1.165) is 12.1 Å². The van der Waals surface area contributed by atoms with Crippen LogP contribution in [0.1, 0.15) is 19.4 Å². The molecule has 0 aromatic carbocycles. The average Bonchev–Trinajstić information content (AvgIpc) is 2.62. The molecular weight excluding hydrogens is 180 g/mol. The van der Waals surface area contributed by atoms with Crippen molar-refractivity contribution < 1.29 is 9.84 Å². The number of aromatic nitrogens is 2. The van der Waals surface area contributed by atoms with Gasteiger partial charge in [-0.05, 0) is 19.4 Å². The minimum absolute atomic E-state index is 0.397. The van der Waals surface area contributed by atoms with Gasteiger partial charge in [0.05, 0.1) is 18.9 Å². The van der Waals surface area contributed by atoms with Gasteiger partial charge >= 0.3 is 0 Å². The average molecular weight is 198 g/mol. The van der Waals surface area contributed by atoms with E-state index in [0.29, 0.717) is 19.6 Å². The summed E-state index contributed by atoms with van der Waals surface area (Å²) in [6.07, 6.45) is 3.93. The third kappa shape index (κ3) is 3.47. The fourth-order valence-corrected chi connectivity index (χ4v) is 1.27. The third-order valence-electron chi connectivity index (χ3n) is 2.00. The van der Waals surface area contributed by atoms with Gasteiger partial charge in [0.2, 0.25) is 0 Å². The van der Waals surface area contributed by atoms with Crippen LogP contribution >= 0.6 is 0 Å². The molecule has 80 valence electrons. The highest BCUT2D eigenvalue weighted by atomic mass is 16.5. The zero-order valence-electron chi connectivity index (χ0n) is 8.81. The Morgan fingerprint density at radius 2 is 2.36 bits per heavy atom. The molecule has 0 saturated heterocycles. The molecule has 0 aliphatic rings. The summed E-state index contributed by atoms with van der Waals surface area (Å²) in [7, 11) is 0. The van der Waals surface area contributed by atoms with Crippen LogP contribution < -0.4 is 0 Å². The van der Waals surface area contributed by atoms with Gasteiger partial charge in [-0.15, -0.1) is 0 Å². The lowest BCUT2D eigenvalue weighted by molar-refractivity contribution is 0.0430. The van der Waals surface area contributed by atoms with E-state index in [2.05, 4.69) is 5.10 Å². The normalized spacial score (nSPS) is 13.1. The van der Waals surface area contributed by atoms with E-state index in [4.69, 9.17) is 4.74 Å². The Balaban J connectivity index is 2.35. The van der Waals surface area contributed by atoms with Crippen molar-refractivity contribution in [1.82, 2.24) is 9.78 Å². The number of hydrogen-bond acceptors (Lipinski definition) is 3. The maximum Gasteiger partial charge on any atom is 0.0815 e. The van der Waals surface area contributed by atoms with Crippen molar-refractivity contribution in [2.45, 2.75) is 32.9 Å². The Kier molecular flexibility index (Phi) is 4.62. The van der Waals surface area contributed by atoms with E-state index in [9.17, 15) is 5.11 Å². The molecule has 0 bridgehead atoms. The Morgan fingerprint density at radius 3 is 2.93 bits per heavy atom. The van der Waals surface area contributed by atoms with Gasteiger partial charge in [0.25, 0.3) is 0 Å². The number of aliphatic hydroxyl groups is 1. The molecule has 0 radical (unpaired) electrons. The third-order valence-corrected chi connectivity index (χ3v) is 2.00. The number of aryl methyl sites for hydroxylation is 1. The highest BCUT2D eigenvalue weighted by Gasteiger charge is 2.06. The lowest BCUT2D eigenvalue weighted by atomic mass is 10.2. The van der Waals surface area contributed by atoms with Crippen LogP contribution in [0.15, 0.2) is 12.4 Å². The summed E-state index contributed by atoms with van der Waals surface area (Å²) >= 11 is 0. The first-order valence-corrected chi connectivity index (χ1v) is 5.03. The molecule has 1 heterocycles. The fraction of sp³-hybridized carbons (Fsp3) is 0.700. The van der Waals surface area contributed by atoms with E-state index < -0.39 is 6.10 Å². The molecule has 1 atom stereocenters. The summed E-state index contributed by atoms with van der Waals surface area (Å²) in [5.41, 5.74) is 1.05. The Hall–Kier alpha value is -0.870. The molecule has 0 aliphatic heterocycles. The van der Waals surface area contributed by atoms with Crippen molar-refractivity contribution in [2.75, 3.05) is 13.2 Å². The van der Waals surface area contributed by atoms with Gasteiger partial charge in [0.15, 0.2) is 0 Å². The number of hydrogen-bond donors (Lipinski definition) is 1. The molecule has 0 fully saturated rings. The maximum absolute atomic E-state index is 9.55. The van der Waals surface area contributed by atoms with Crippen LogP contribution in [0.4, 0.5) is 0 Å². The second-order valence-electron chi connectivity index (χ2n) is 3.22. The smallest absolute Gasteiger partial charge is 0.0815 e. The van der Waals surface area contributed by atoms with Crippen molar-refractivity contribution >= 4 is 0 Å².